The van der Waals surface area contributed by atoms with Crippen molar-refractivity contribution in [3.05, 3.63) is 36.4 Å². The van der Waals surface area contributed by atoms with Crippen molar-refractivity contribution in [1.82, 2.24) is 18.8 Å². The van der Waals surface area contributed by atoms with Gasteiger partial charge in [0.15, 0.2) is 0 Å². The van der Waals surface area contributed by atoms with Crippen molar-refractivity contribution in [3.63, 3.8) is 0 Å². The van der Waals surface area contributed by atoms with Gasteiger partial charge in [0.05, 0.1) is 28.0 Å². The maximum atomic E-state index is 13.0. The van der Waals surface area contributed by atoms with Crippen molar-refractivity contribution in [2.24, 2.45) is 0 Å². The minimum atomic E-state index is -3.80. The van der Waals surface area contributed by atoms with Crippen LogP contribution in [0.25, 0.3) is 22.9 Å². The first-order valence-electron chi connectivity index (χ1n) is 11.4. The molecule has 0 aliphatic heterocycles. The van der Waals surface area contributed by atoms with Crippen molar-refractivity contribution in [1.29, 1.82) is 0 Å². The number of aromatic nitrogens is 2. The topological polar surface area (TPSA) is 143 Å². The smallest absolute Gasteiger partial charge is 0.251 e. The van der Waals surface area contributed by atoms with Gasteiger partial charge < -0.3 is 14.3 Å². The molecule has 0 saturated carbocycles. The minimum Gasteiger partial charge on any atom is -0.507 e. The molecule has 0 saturated heterocycles. The summed E-state index contributed by atoms with van der Waals surface area (Å²) in [6, 6.07) is 8.11. The number of sulfonamides is 2. The fourth-order valence-corrected chi connectivity index (χ4v) is 6.70. The van der Waals surface area contributed by atoms with Gasteiger partial charge in [-0.3, -0.25) is 0 Å². The molecule has 1 heterocycles. The number of ether oxygens (including phenoxy) is 1. The summed E-state index contributed by atoms with van der Waals surface area (Å²) in [4.78, 5) is -0.0134. The van der Waals surface area contributed by atoms with Crippen molar-refractivity contribution in [3.8, 4) is 34.4 Å². The first-order chi connectivity index (χ1) is 17.0. The Balaban J connectivity index is 2.10. The summed E-state index contributed by atoms with van der Waals surface area (Å²) in [6.45, 7) is 8.13. The summed E-state index contributed by atoms with van der Waals surface area (Å²) in [5, 5.41) is 18.4. The van der Waals surface area contributed by atoms with Gasteiger partial charge in [-0.05, 0) is 36.4 Å². The normalized spacial score (nSPS) is 12.4. The molecule has 0 radical (unpaired) electrons. The number of benzene rings is 2. The van der Waals surface area contributed by atoms with E-state index < -0.39 is 20.0 Å². The van der Waals surface area contributed by atoms with Crippen LogP contribution in [0, 0.1) is 0 Å². The van der Waals surface area contributed by atoms with Crippen molar-refractivity contribution in [2.45, 2.75) is 37.5 Å². The van der Waals surface area contributed by atoms with E-state index in [1.807, 2.05) is 0 Å². The Kier molecular flexibility index (Phi) is 8.39. The molecule has 11 nitrogen and oxygen atoms in total. The van der Waals surface area contributed by atoms with Crippen LogP contribution in [0.3, 0.4) is 0 Å². The van der Waals surface area contributed by atoms with Gasteiger partial charge in [0.25, 0.3) is 11.8 Å². The maximum absolute atomic E-state index is 13.0. The monoisotopic (exact) mass is 538 g/mol. The first kappa shape index (κ1) is 27.6. The summed E-state index contributed by atoms with van der Waals surface area (Å²) < 4.78 is 65.6. The fourth-order valence-electron chi connectivity index (χ4n) is 3.73. The van der Waals surface area contributed by atoms with E-state index in [1.54, 1.807) is 27.7 Å². The molecule has 0 atom stereocenters. The summed E-state index contributed by atoms with van der Waals surface area (Å²) in [5.74, 6) is -0.160. The van der Waals surface area contributed by atoms with Crippen LogP contribution < -0.4 is 4.74 Å². The Morgan fingerprint density at radius 1 is 0.778 bits per heavy atom. The number of rotatable bonds is 11. The minimum absolute atomic E-state index is 0.0212. The zero-order valence-electron chi connectivity index (χ0n) is 20.8. The number of methoxy groups -OCH3 is 1. The highest BCUT2D eigenvalue weighted by Gasteiger charge is 2.27. The van der Waals surface area contributed by atoms with Crippen LogP contribution in [0.5, 0.6) is 11.5 Å². The van der Waals surface area contributed by atoms with Gasteiger partial charge >= 0.3 is 0 Å². The molecule has 0 unspecified atom stereocenters. The third kappa shape index (κ3) is 5.09. The Morgan fingerprint density at radius 2 is 1.22 bits per heavy atom. The Bertz CT molecular complexity index is 1430. The van der Waals surface area contributed by atoms with Crippen molar-refractivity contribution in [2.75, 3.05) is 33.3 Å². The van der Waals surface area contributed by atoms with Gasteiger partial charge in [0.1, 0.15) is 11.5 Å². The van der Waals surface area contributed by atoms with Crippen LogP contribution in [-0.4, -0.2) is 74.0 Å². The van der Waals surface area contributed by atoms with E-state index in [2.05, 4.69) is 10.2 Å². The molecule has 3 aromatic rings. The molecule has 3 rings (SSSR count). The zero-order chi connectivity index (χ0) is 26.7. The van der Waals surface area contributed by atoms with Gasteiger partial charge in [-0.2, -0.15) is 8.61 Å². The lowest BCUT2D eigenvalue weighted by Crippen LogP contribution is -2.30. The maximum Gasteiger partial charge on any atom is 0.251 e. The van der Waals surface area contributed by atoms with E-state index in [1.165, 1.54) is 52.1 Å². The number of hydrogen-bond acceptors (Lipinski definition) is 9. The van der Waals surface area contributed by atoms with Crippen LogP contribution in [0.2, 0.25) is 0 Å². The van der Waals surface area contributed by atoms with E-state index in [4.69, 9.17) is 9.15 Å². The lowest BCUT2D eigenvalue weighted by molar-refractivity contribution is 0.413. The van der Waals surface area contributed by atoms with Gasteiger partial charge in [-0.25, -0.2) is 16.8 Å². The molecular weight excluding hydrogens is 508 g/mol. The summed E-state index contributed by atoms with van der Waals surface area (Å²) >= 11 is 0. The molecule has 36 heavy (non-hydrogen) atoms. The van der Waals surface area contributed by atoms with Crippen LogP contribution in [0.1, 0.15) is 27.7 Å². The highest BCUT2D eigenvalue weighted by molar-refractivity contribution is 7.89. The van der Waals surface area contributed by atoms with Gasteiger partial charge in [-0.1, -0.05) is 27.7 Å². The van der Waals surface area contributed by atoms with Crippen LogP contribution >= 0.6 is 0 Å². The highest BCUT2D eigenvalue weighted by atomic mass is 32.2. The standard InChI is InChI=1S/C23H30N4O7S2/c1-6-26(7-2)35(29,30)16-10-12-20(28)18(14-16)22-24-25-23(34-22)19-15-17(11-13-21(19)33-5)36(31,32)27(8-3)9-4/h10-15,28H,6-9H2,1-5H3. The molecule has 13 heteroatoms. The average molecular weight is 539 g/mol. The molecule has 0 amide bonds. The largest absolute Gasteiger partial charge is 0.507 e. The second-order valence-corrected chi connectivity index (χ2v) is 11.5. The molecule has 1 aromatic heterocycles. The molecule has 0 fully saturated rings. The Hall–Kier alpha value is -3.00. The Labute approximate surface area is 211 Å². The fraction of sp³-hybridized carbons (Fsp3) is 0.391. The number of phenolic OH excluding ortho intramolecular Hbond substituents is 1. The van der Waals surface area contributed by atoms with Crippen LogP contribution in [-0.2, 0) is 20.0 Å². The summed E-state index contributed by atoms with van der Waals surface area (Å²) in [7, 11) is -6.15. The average Bonchev–Trinajstić information content (AvgIpc) is 3.34. The van der Waals surface area contributed by atoms with E-state index >= 15 is 0 Å². The molecule has 0 spiro atoms. The first-order valence-corrected chi connectivity index (χ1v) is 14.3. The second kappa shape index (κ2) is 10.9. The van der Waals surface area contributed by atoms with Gasteiger partial charge in [-0.15, -0.1) is 10.2 Å². The number of aromatic hydroxyl groups is 1. The Morgan fingerprint density at radius 3 is 1.69 bits per heavy atom. The lowest BCUT2D eigenvalue weighted by atomic mass is 10.2. The van der Waals surface area contributed by atoms with Crippen molar-refractivity contribution >= 4 is 20.0 Å². The zero-order valence-corrected chi connectivity index (χ0v) is 22.4. The number of hydrogen-bond donors (Lipinski definition) is 1. The van der Waals surface area contributed by atoms with Gasteiger partial charge in [0, 0.05) is 26.2 Å². The molecule has 196 valence electrons. The van der Waals surface area contributed by atoms with Crippen molar-refractivity contribution < 1.29 is 31.1 Å². The van der Waals surface area contributed by atoms with E-state index in [0.717, 1.165) is 0 Å². The highest BCUT2D eigenvalue weighted by Crippen LogP contribution is 2.36. The lowest BCUT2D eigenvalue weighted by Gasteiger charge is -2.19. The molecular formula is C23H30N4O7S2. The molecule has 2 aromatic carbocycles. The van der Waals surface area contributed by atoms with Crippen LogP contribution in [0.15, 0.2) is 50.6 Å². The predicted octanol–water partition coefficient (Wildman–Crippen LogP) is 3.18. The molecule has 1 N–H and O–H groups in total. The second-order valence-electron chi connectivity index (χ2n) is 7.63. The third-order valence-electron chi connectivity index (χ3n) is 5.71. The number of phenols is 1. The molecule has 0 aliphatic carbocycles. The molecule has 0 aliphatic rings. The predicted molar refractivity (Wildman–Crippen MR) is 134 cm³/mol. The van der Waals surface area contributed by atoms with Crippen LogP contribution in [0.4, 0.5) is 0 Å². The third-order valence-corrected chi connectivity index (χ3v) is 9.80. The van der Waals surface area contributed by atoms with E-state index in [-0.39, 0.29) is 51.5 Å². The molecule has 0 bridgehead atoms. The van der Waals surface area contributed by atoms with E-state index in [0.29, 0.717) is 18.8 Å². The number of nitrogens with zero attached hydrogens (tertiary/aromatic N) is 4. The van der Waals surface area contributed by atoms with Gasteiger partial charge in [0.2, 0.25) is 20.0 Å². The van der Waals surface area contributed by atoms with E-state index in [9.17, 15) is 21.9 Å². The quantitative estimate of drug-likeness (QED) is 0.389. The SMILES string of the molecule is CCN(CC)S(=O)(=O)c1ccc(O)c(-c2nnc(-c3cc(S(=O)(=O)N(CC)CC)ccc3OC)o2)c1. The summed E-state index contributed by atoms with van der Waals surface area (Å²) in [6.07, 6.45) is 0. The summed E-state index contributed by atoms with van der Waals surface area (Å²) in [5.41, 5.74) is 0.253.